The van der Waals surface area contributed by atoms with Crippen LogP contribution in [0.2, 0.25) is 0 Å². The van der Waals surface area contributed by atoms with E-state index in [4.69, 9.17) is 9.47 Å². The lowest BCUT2D eigenvalue weighted by Crippen LogP contribution is -2.57. The van der Waals surface area contributed by atoms with Gasteiger partial charge in [0.2, 0.25) is 11.8 Å². The minimum absolute atomic E-state index is 0.0478. The average Bonchev–Trinajstić information content (AvgIpc) is 3.68. The summed E-state index contributed by atoms with van der Waals surface area (Å²) in [4.78, 5) is 59.1. The number of aryl methyl sites for hydroxylation is 2. The summed E-state index contributed by atoms with van der Waals surface area (Å²) < 4.78 is 12.9. The van der Waals surface area contributed by atoms with Crippen LogP contribution in [0.3, 0.4) is 0 Å². The van der Waals surface area contributed by atoms with Crippen molar-refractivity contribution >= 4 is 45.3 Å². The summed E-state index contributed by atoms with van der Waals surface area (Å²) in [5.41, 5.74) is 1.96. The number of esters is 1. The maximum atomic E-state index is 14.9. The second-order valence-corrected chi connectivity index (χ2v) is 14.2. The fraction of sp³-hybridized carbons (Fsp3) is 0.474. The first-order valence-corrected chi connectivity index (χ1v) is 17.9. The molecule has 5 rings (SSSR count). The first-order chi connectivity index (χ1) is 23.6. The molecule has 0 aromatic heterocycles. The molecule has 1 spiro atoms. The number of rotatable bonds is 16. The van der Waals surface area contributed by atoms with Gasteiger partial charge in [0.15, 0.2) is 0 Å². The van der Waals surface area contributed by atoms with Crippen LogP contribution in [0.15, 0.2) is 73.8 Å². The largest absolute Gasteiger partial charge is 0.455 e. The van der Waals surface area contributed by atoms with Gasteiger partial charge in [0.25, 0.3) is 5.91 Å². The molecule has 0 radical (unpaired) electrons. The van der Waals surface area contributed by atoms with E-state index < -0.39 is 41.7 Å². The molecule has 49 heavy (non-hydrogen) atoms. The number of nitrogens with one attached hydrogen (secondary N) is 1. The Balaban J connectivity index is 1.50. The number of benzene rings is 2. The molecular formula is C38H46BrN3O7. The van der Waals surface area contributed by atoms with Crippen LogP contribution >= 0.6 is 15.9 Å². The van der Waals surface area contributed by atoms with Gasteiger partial charge in [-0.1, -0.05) is 76.6 Å². The number of aliphatic hydroxyl groups is 1. The van der Waals surface area contributed by atoms with E-state index in [0.29, 0.717) is 31.2 Å². The molecule has 2 bridgehead atoms. The molecule has 2 aromatic rings. The van der Waals surface area contributed by atoms with E-state index in [2.05, 4.69) is 34.4 Å². The van der Waals surface area contributed by atoms with Crippen LogP contribution in [0.1, 0.15) is 54.9 Å². The number of aliphatic hydroxyl groups excluding tert-OH is 1. The fourth-order valence-corrected chi connectivity index (χ4v) is 8.70. The van der Waals surface area contributed by atoms with Crippen molar-refractivity contribution in [1.82, 2.24) is 10.2 Å². The number of hydrogen-bond acceptors (Lipinski definition) is 7. The highest BCUT2D eigenvalue weighted by atomic mass is 79.9. The van der Waals surface area contributed by atoms with Crippen LogP contribution in [0.25, 0.3) is 0 Å². The van der Waals surface area contributed by atoms with Crippen LogP contribution < -0.4 is 10.2 Å². The number of ether oxygens (including phenoxy) is 2. The Bertz CT molecular complexity index is 1550. The number of allylic oxidation sites excluding steroid dienone is 1. The number of para-hydroxylation sites is 1. The monoisotopic (exact) mass is 735 g/mol. The molecule has 3 aliphatic heterocycles. The van der Waals surface area contributed by atoms with Gasteiger partial charge in [-0.3, -0.25) is 19.2 Å². The highest BCUT2D eigenvalue weighted by molar-refractivity contribution is 9.09. The minimum Gasteiger partial charge on any atom is -0.455 e. The summed E-state index contributed by atoms with van der Waals surface area (Å²) >= 11 is 3.73. The van der Waals surface area contributed by atoms with E-state index in [0.717, 1.165) is 16.8 Å². The van der Waals surface area contributed by atoms with Gasteiger partial charge in [-0.2, -0.15) is 0 Å². The molecule has 0 aliphatic carbocycles. The molecule has 3 amide bonds. The lowest BCUT2D eigenvalue weighted by atomic mass is 9.70. The van der Waals surface area contributed by atoms with Crippen LogP contribution in [0, 0.1) is 25.7 Å². The van der Waals surface area contributed by atoms with Crippen molar-refractivity contribution in [2.24, 2.45) is 11.8 Å². The summed E-state index contributed by atoms with van der Waals surface area (Å²) in [6.45, 7) is 11.9. The van der Waals surface area contributed by atoms with Gasteiger partial charge in [-0.25, -0.2) is 0 Å². The predicted octanol–water partition coefficient (Wildman–Crippen LogP) is 4.71. The van der Waals surface area contributed by atoms with Gasteiger partial charge in [0.05, 0.1) is 24.5 Å². The molecule has 3 heterocycles. The van der Waals surface area contributed by atoms with Gasteiger partial charge in [0.1, 0.15) is 17.7 Å². The summed E-state index contributed by atoms with van der Waals surface area (Å²) in [7, 11) is 0. The average molecular weight is 737 g/mol. The van der Waals surface area contributed by atoms with Gasteiger partial charge < -0.3 is 29.7 Å². The molecule has 1 unspecified atom stereocenters. The smallest absolute Gasteiger partial charge is 0.313 e. The second kappa shape index (κ2) is 15.8. The van der Waals surface area contributed by atoms with Crippen LogP contribution in [0.5, 0.6) is 0 Å². The molecule has 7 atom stereocenters. The van der Waals surface area contributed by atoms with Gasteiger partial charge in [0, 0.05) is 36.6 Å². The van der Waals surface area contributed by atoms with E-state index in [9.17, 15) is 24.3 Å². The van der Waals surface area contributed by atoms with Crippen molar-refractivity contribution in [3.8, 4) is 0 Å². The molecule has 2 N–H and O–H groups in total. The number of nitrogens with zero attached hydrogens (tertiary/aromatic N) is 2. The first-order valence-electron chi connectivity index (χ1n) is 16.9. The molecule has 11 heteroatoms. The molecule has 3 fully saturated rings. The number of unbranched alkanes of at least 4 members (excludes halogenated alkanes) is 1. The van der Waals surface area contributed by atoms with E-state index in [1.165, 1.54) is 0 Å². The maximum Gasteiger partial charge on any atom is 0.313 e. The van der Waals surface area contributed by atoms with Gasteiger partial charge in [-0.15, -0.1) is 13.2 Å². The molecule has 0 saturated carbocycles. The summed E-state index contributed by atoms with van der Waals surface area (Å²) in [5, 5.41) is 12.4. The molecular weight excluding hydrogens is 690 g/mol. The Morgan fingerprint density at radius 3 is 2.49 bits per heavy atom. The second-order valence-electron chi connectivity index (χ2n) is 13.1. The highest BCUT2D eigenvalue weighted by Gasteiger charge is 2.77. The topological polar surface area (TPSA) is 125 Å². The predicted molar refractivity (Wildman–Crippen MR) is 190 cm³/mol. The molecule has 3 aliphatic rings. The van der Waals surface area contributed by atoms with Crippen LogP contribution in [0.4, 0.5) is 5.69 Å². The third kappa shape index (κ3) is 7.11. The number of alkyl halides is 1. The molecule has 10 nitrogen and oxygen atoms in total. The zero-order chi connectivity index (χ0) is 35.3. The number of halogens is 1. The number of anilines is 1. The van der Waals surface area contributed by atoms with E-state index in [1.54, 1.807) is 22.0 Å². The molecule has 2 aromatic carbocycles. The van der Waals surface area contributed by atoms with Crippen molar-refractivity contribution in [2.45, 2.75) is 74.6 Å². The Hall–Kier alpha value is -3.80. The highest BCUT2D eigenvalue weighted by Crippen LogP contribution is 2.60. The Morgan fingerprint density at radius 2 is 1.84 bits per heavy atom. The van der Waals surface area contributed by atoms with Crippen LogP contribution in [-0.4, -0.2) is 82.5 Å². The van der Waals surface area contributed by atoms with Crippen molar-refractivity contribution in [2.75, 3.05) is 31.1 Å². The van der Waals surface area contributed by atoms with E-state index >= 15 is 0 Å². The number of carbonyl (C=O) groups excluding carboxylic acids is 4. The summed E-state index contributed by atoms with van der Waals surface area (Å²) in [6.07, 6.45) is 3.85. The zero-order valence-electron chi connectivity index (χ0n) is 28.2. The van der Waals surface area contributed by atoms with Gasteiger partial charge in [-0.05, 0) is 56.2 Å². The lowest BCUT2D eigenvalue weighted by Gasteiger charge is -2.38. The molecule has 262 valence electrons. The first kappa shape index (κ1) is 36.5. The standard InChI is InChI=1S/C38H46BrN3O7/c1-5-7-18-29(44)40-23-28(26-16-9-8-10-17-26)48-37(47)30-31-35(45)42(20-11-12-21-43)34(38(31)22-27(39)33(30)49-38)36(46)41(19-6-2)32-24(3)14-13-15-25(32)4/h5-6,8-10,13-17,27-28,30-31,33-34,43H,1-2,7,11-12,18-23H2,3-4H3,(H,40,44)/t27?,28-,30+,31-,33+,34+,38-/m0/s1. The SMILES string of the molecule is C=CCCC(=O)NC[C@H](OC(=O)[C@H]1[C@@H]2O[C@@]3(CC2Br)[C@@H]1C(=O)N(CCCCO)[C@@H]3C(=O)N(CC=C)c1c(C)cccc1C)c1ccccc1. The Morgan fingerprint density at radius 1 is 1.12 bits per heavy atom. The maximum absolute atomic E-state index is 14.9. The number of fused-ring (bicyclic) bond motifs is 1. The quantitative estimate of drug-likeness (QED) is 0.111. The summed E-state index contributed by atoms with van der Waals surface area (Å²) in [6, 6.07) is 13.9. The third-order valence-electron chi connectivity index (χ3n) is 9.88. The summed E-state index contributed by atoms with van der Waals surface area (Å²) in [5.74, 6) is -3.41. The zero-order valence-corrected chi connectivity index (χ0v) is 29.8. The third-order valence-corrected chi connectivity index (χ3v) is 10.7. The van der Waals surface area contributed by atoms with Crippen molar-refractivity contribution in [1.29, 1.82) is 0 Å². The number of likely N-dealkylation sites (tertiary alicyclic amines) is 1. The van der Waals surface area contributed by atoms with Crippen molar-refractivity contribution < 1.29 is 33.8 Å². The number of hydrogen-bond donors (Lipinski definition) is 2. The number of carbonyl (C=O) groups is 4. The lowest BCUT2D eigenvalue weighted by molar-refractivity contribution is -0.160. The van der Waals surface area contributed by atoms with E-state index in [1.807, 2.05) is 62.4 Å². The fourth-order valence-electron chi connectivity index (χ4n) is 7.75. The van der Waals surface area contributed by atoms with E-state index in [-0.39, 0.29) is 55.2 Å². The van der Waals surface area contributed by atoms with Gasteiger partial charge >= 0.3 is 5.97 Å². The minimum atomic E-state index is -1.28. The molecule has 3 saturated heterocycles. The van der Waals surface area contributed by atoms with Crippen molar-refractivity contribution in [3.63, 3.8) is 0 Å². The normalized spacial score (nSPS) is 25.8. The van der Waals surface area contributed by atoms with Crippen LogP contribution in [-0.2, 0) is 28.7 Å². The van der Waals surface area contributed by atoms with Crippen molar-refractivity contribution in [3.05, 3.63) is 90.5 Å². The number of amides is 3. The Kier molecular flexibility index (Phi) is 11.8. The Labute approximate surface area is 296 Å².